The van der Waals surface area contributed by atoms with E-state index in [1.54, 1.807) is 36.5 Å². The maximum absolute atomic E-state index is 14.3. The van der Waals surface area contributed by atoms with Crippen LogP contribution in [-0.4, -0.2) is 25.8 Å². The quantitative estimate of drug-likeness (QED) is 0.318. The fourth-order valence-electron chi connectivity index (χ4n) is 4.72. The molecule has 0 saturated carbocycles. The number of aromatic amines is 1. The van der Waals surface area contributed by atoms with Gasteiger partial charge in [0.25, 0.3) is 0 Å². The second kappa shape index (κ2) is 8.37. The van der Waals surface area contributed by atoms with Gasteiger partial charge in [0, 0.05) is 39.6 Å². The number of carbonyl (C=O) groups is 1. The first-order valence-electron chi connectivity index (χ1n) is 11.2. The minimum atomic E-state index is -1.02. The number of fused-ring (bicyclic) bond motifs is 2. The van der Waals surface area contributed by atoms with Crippen molar-refractivity contribution in [2.75, 3.05) is 0 Å². The number of aromatic nitrogens is 3. The molecule has 8 heteroatoms. The largest absolute Gasteiger partial charge is 0.478 e. The van der Waals surface area contributed by atoms with Gasteiger partial charge in [-0.1, -0.05) is 26.0 Å². The average molecular weight is 477 g/mol. The van der Waals surface area contributed by atoms with E-state index in [4.69, 9.17) is 0 Å². The highest BCUT2D eigenvalue weighted by atomic mass is 19.1. The fourth-order valence-corrected chi connectivity index (χ4v) is 4.72. The Balaban J connectivity index is 1.96. The molecule has 0 atom stereocenters. The molecule has 0 spiro atoms. The van der Waals surface area contributed by atoms with E-state index >= 15 is 0 Å². The number of aromatic carboxylic acids is 1. The summed E-state index contributed by atoms with van der Waals surface area (Å²) in [6.45, 7) is 3.91. The van der Waals surface area contributed by atoms with Crippen LogP contribution in [0.4, 0.5) is 4.39 Å². The fraction of sp³-hybridized carbons (Fsp3) is 0.143. The zero-order valence-corrected chi connectivity index (χ0v) is 19.5. The number of carboxylic acids is 1. The monoisotopic (exact) mass is 477 g/mol. The predicted octanol–water partition coefficient (Wildman–Crippen LogP) is 6.07. The summed E-state index contributed by atoms with van der Waals surface area (Å²) in [6, 6.07) is 19.1. The number of hydrogen-bond acceptors (Lipinski definition) is 4. The highest BCUT2D eigenvalue weighted by Gasteiger charge is 2.32. The number of H-pyrrole nitrogens is 1. The van der Waals surface area contributed by atoms with Gasteiger partial charge in [0.1, 0.15) is 11.9 Å². The van der Waals surface area contributed by atoms with E-state index in [2.05, 4.69) is 16.3 Å². The van der Waals surface area contributed by atoms with Crippen molar-refractivity contribution in [3.63, 3.8) is 0 Å². The van der Waals surface area contributed by atoms with Crippen LogP contribution in [0.5, 0.6) is 0 Å². The first kappa shape index (κ1) is 22.8. The Morgan fingerprint density at radius 2 is 1.89 bits per heavy atom. The number of nitrogens with one attached hydrogen (secondary N) is 1. The van der Waals surface area contributed by atoms with Crippen molar-refractivity contribution >= 4 is 27.8 Å². The molecule has 2 N–H and O–H groups in total. The van der Waals surface area contributed by atoms with Crippen molar-refractivity contribution in [3.05, 3.63) is 83.4 Å². The molecule has 5 rings (SSSR count). The smallest absolute Gasteiger partial charge is 0.335 e. The standard InChI is InChI=1S/C28H20FN5O2/c1-28(2,9-10-30)26-25(16-3-5-17(6-4-16)27(35)36)21-13-23-19(15-32-33-23)12-24(21)34(26)20-7-8-22(29)18(11-20)14-31/h3-8,11-13,15H,9H2,1-2H3,(H,32,33)(H,35,36). The number of carboxylic acid groups (broad SMARTS) is 1. The number of nitrogens with zero attached hydrogens (tertiary/aromatic N) is 4. The molecule has 5 aromatic rings. The minimum Gasteiger partial charge on any atom is -0.478 e. The number of hydrogen-bond donors (Lipinski definition) is 2. The number of halogens is 1. The zero-order chi connectivity index (χ0) is 25.6. The zero-order valence-electron chi connectivity index (χ0n) is 19.5. The predicted molar refractivity (Wildman–Crippen MR) is 133 cm³/mol. The van der Waals surface area contributed by atoms with E-state index in [0.717, 1.165) is 38.6 Å². The van der Waals surface area contributed by atoms with Crippen molar-refractivity contribution in [2.24, 2.45) is 0 Å². The van der Waals surface area contributed by atoms with E-state index < -0.39 is 17.2 Å². The molecule has 0 radical (unpaired) electrons. The summed E-state index contributed by atoms with van der Waals surface area (Å²) in [7, 11) is 0. The first-order chi connectivity index (χ1) is 17.2. The van der Waals surface area contributed by atoms with Crippen LogP contribution >= 0.6 is 0 Å². The van der Waals surface area contributed by atoms with Crippen LogP contribution in [0.25, 0.3) is 38.6 Å². The van der Waals surface area contributed by atoms with Gasteiger partial charge in [-0.15, -0.1) is 0 Å². The Morgan fingerprint density at radius 1 is 1.14 bits per heavy atom. The van der Waals surface area contributed by atoms with Crippen LogP contribution in [0, 0.1) is 28.5 Å². The Hall–Kier alpha value is -4.95. The molecule has 7 nitrogen and oxygen atoms in total. The minimum absolute atomic E-state index is 0.0878. The van der Waals surface area contributed by atoms with E-state index in [1.165, 1.54) is 12.1 Å². The molecule has 0 saturated heterocycles. The SMILES string of the molecule is CC(C)(CC#N)c1c(-c2ccc(C(=O)O)cc2)c2cc3[nH]ncc3cc2n1-c1ccc(F)c(C#N)c1. The second-order valence-electron chi connectivity index (χ2n) is 9.26. The topological polar surface area (TPSA) is 118 Å². The summed E-state index contributed by atoms with van der Waals surface area (Å²) in [4.78, 5) is 11.5. The molecule has 0 aliphatic rings. The van der Waals surface area contributed by atoms with Crippen LogP contribution in [0.1, 0.15) is 41.9 Å². The van der Waals surface area contributed by atoms with Crippen LogP contribution in [-0.2, 0) is 5.41 Å². The Labute approximate surface area is 205 Å². The summed E-state index contributed by atoms with van der Waals surface area (Å²) >= 11 is 0. The molecule has 0 aliphatic carbocycles. The molecule has 36 heavy (non-hydrogen) atoms. The average Bonchev–Trinajstić information content (AvgIpc) is 3.45. The molecule has 3 aromatic carbocycles. The lowest BCUT2D eigenvalue weighted by molar-refractivity contribution is 0.0697. The van der Waals surface area contributed by atoms with Gasteiger partial charge in [-0.05, 0) is 48.0 Å². The molecule has 0 bridgehead atoms. The lowest BCUT2D eigenvalue weighted by Gasteiger charge is -2.26. The van der Waals surface area contributed by atoms with Crippen LogP contribution in [0.3, 0.4) is 0 Å². The van der Waals surface area contributed by atoms with Crippen molar-refractivity contribution in [1.82, 2.24) is 14.8 Å². The highest BCUT2D eigenvalue weighted by Crippen LogP contribution is 2.45. The summed E-state index contributed by atoms with van der Waals surface area (Å²) in [5.74, 6) is -1.64. The number of benzene rings is 3. The van der Waals surface area contributed by atoms with Gasteiger partial charge >= 0.3 is 5.97 Å². The number of nitriles is 2. The molecule has 2 aromatic heterocycles. The highest BCUT2D eigenvalue weighted by molar-refractivity contribution is 6.06. The summed E-state index contributed by atoms with van der Waals surface area (Å²) in [5, 5.41) is 37.4. The molecule has 0 fully saturated rings. The summed E-state index contributed by atoms with van der Waals surface area (Å²) in [6.07, 6.45) is 1.90. The molecule has 2 heterocycles. The van der Waals surface area contributed by atoms with Gasteiger partial charge in [0.2, 0.25) is 0 Å². The summed E-state index contributed by atoms with van der Waals surface area (Å²) in [5.41, 5.74) is 3.97. The van der Waals surface area contributed by atoms with Crippen LogP contribution < -0.4 is 0 Å². The lowest BCUT2D eigenvalue weighted by atomic mass is 9.81. The number of rotatable bonds is 5. The molecule has 0 aliphatic heterocycles. The van der Waals surface area contributed by atoms with Crippen LogP contribution in [0.2, 0.25) is 0 Å². The Kier molecular flexibility index (Phi) is 5.31. The van der Waals surface area contributed by atoms with Gasteiger partial charge in [0.05, 0.1) is 34.4 Å². The van der Waals surface area contributed by atoms with Gasteiger partial charge in [-0.25, -0.2) is 9.18 Å². The third-order valence-corrected chi connectivity index (χ3v) is 6.44. The van der Waals surface area contributed by atoms with Crippen molar-refractivity contribution < 1.29 is 14.3 Å². The third-order valence-electron chi connectivity index (χ3n) is 6.44. The lowest BCUT2D eigenvalue weighted by Crippen LogP contribution is -2.22. The van der Waals surface area contributed by atoms with Gasteiger partial charge < -0.3 is 9.67 Å². The molecule has 176 valence electrons. The Bertz CT molecular complexity index is 1750. The van der Waals surface area contributed by atoms with Crippen molar-refractivity contribution in [2.45, 2.75) is 25.7 Å². The van der Waals surface area contributed by atoms with Gasteiger partial charge in [0.15, 0.2) is 0 Å². The normalized spacial score (nSPS) is 11.5. The van der Waals surface area contributed by atoms with E-state index in [1.807, 2.05) is 36.6 Å². The molecular weight excluding hydrogens is 457 g/mol. The maximum Gasteiger partial charge on any atom is 0.335 e. The van der Waals surface area contributed by atoms with E-state index in [0.29, 0.717) is 5.69 Å². The molecule has 0 amide bonds. The first-order valence-corrected chi connectivity index (χ1v) is 11.2. The van der Waals surface area contributed by atoms with Gasteiger partial charge in [-0.2, -0.15) is 15.6 Å². The Morgan fingerprint density at radius 3 is 2.56 bits per heavy atom. The van der Waals surface area contributed by atoms with Crippen LogP contribution in [0.15, 0.2) is 60.8 Å². The van der Waals surface area contributed by atoms with Crippen molar-refractivity contribution in [3.8, 4) is 29.0 Å². The molecule has 0 unspecified atom stereocenters. The van der Waals surface area contributed by atoms with Gasteiger partial charge in [-0.3, -0.25) is 5.10 Å². The maximum atomic E-state index is 14.3. The molecular formula is C28H20FN5O2. The van der Waals surface area contributed by atoms with E-state index in [9.17, 15) is 24.8 Å². The second-order valence-corrected chi connectivity index (χ2v) is 9.26. The van der Waals surface area contributed by atoms with Crippen molar-refractivity contribution in [1.29, 1.82) is 10.5 Å². The van der Waals surface area contributed by atoms with E-state index in [-0.39, 0.29) is 17.5 Å². The third kappa shape index (κ3) is 3.57. The summed E-state index contributed by atoms with van der Waals surface area (Å²) < 4.78 is 16.2.